The number of rotatable bonds is 6. The van der Waals surface area contributed by atoms with E-state index in [0.717, 1.165) is 32.0 Å². The SMILES string of the molecule is CNCC1CCCN(C(C)CCC(=O)O)C1. The molecule has 0 amide bonds. The number of carboxylic acid groups (broad SMARTS) is 1. The van der Waals surface area contributed by atoms with Crippen LogP contribution in [0.4, 0.5) is 0 Å². The molecule has 0 saturated carbocycles. The second-order valence-corrected chi connectivity index (χ2v) is 4.84. The summed E-state index contributed by atoms with van der Waals surface area (Å²) in [6.45, 7) is 5.45. The maximum atomic E-state index is 10.5. The first-order valence-corrected chi connectivity index (χ1v) is 6.24. The zero-order valence-corrected chi connectivity index (χ0v) is 10.4. The topological polar surface area (TPSA) is 52.6 Å². The zero-order valence-electron chi connectivity index (χ0n) is 10.4. The van der Waals surface area contributed by atoms with Gasteiger partial charge in [0.05, 0.1) is 0 Å². The average Bonchev–Trinajstić information content (AvgIpc) is 2.26. The van der Waals surface area contributed by atoms with Gasteiger partial charge in [-0.2, -0.15) is 0 Å². The molecule has 0 aliphatic carbocycles. The van der Waals surface area contributed by atoms with Crippen LogP contribution in [-0.4, -0.2) is 48.7 Å². The van der Waals surface area contributed by atoms with Crippen molar-refractivity contribution in [3.05, 3.63) is 0 Å². The Balaban J connectivity index is 2.31. The molecule has 2 atom stereocenters. The first-order chi connectivity index (χ1) is 7.63. The van der Waals surface area contributed by atoms with E-state index < -0.39 is 5.97 Å². The second-order valence-electron chi connectivity index (χ2n) is 4.84. The maximum absolute atomic E-state index is 10.5. The Bertz CT molecular complexity index is 219. The highest BCUT2D eigenvalue weighted by Crippen LogP contribution is 2.19. The Morgan fingerprint density at radius 1 is 1.62 bits per heavy atom. The average molecular weight is 228 g/mol. The molecule has 4 nitrogen and oxygen atoms in total. The first-order valence-electron chi connectivity index (χ1n) is 6.24. The van der Waals surface area contributed by atoms with Gasteiger partial charge in [-0.15, -0.1) is 0 Å². The molecule has 1 fully saturated rings. The van der Waals surface area contributed by atoms with Crippen molar-refractivity contribution in [1.29, 1.82) is 0 Å². The number of aliphatic carboxylic acids is 1. The molecule has 1 aliphatic rings. The molecule has 0 spiro atoms. The molecule has 2 N–H and O–H groups in total. The largest absolute Gasteiger partial charge is 0.481 e. The second kappa shape index (κ2) is 6.86. The van der Waals surface area contributed by atoms with Gasteiger partial charge in [-0.05, 0) is 52.2 Å². The first kappa shape index (κ1) is 13.5. The van der Waals surface area contributed by atoms with Crippen molar-refractivity contribution >= 4 is 5.97 Å². The fraction of sp³-hybridized carbons (Fsp3) is 0.917. The Hall–Kier alpha value is -0.610. The van der Waals surface area contributed by atoms with Crippen molar-refractivity contribution in [3.8, 4) is 0 Å². The van der Waals surface area contributed by atoms with E-state index in [1.165, 1.54) is 12.8 Å². The van der Waals surface area contributed by atoms with E-state index in [0.29, 0.717) is 6.04 Å². The number of piperidine rings is 1. The van der Waals surface area contributed by atoms with Gasteiger partial charge in [-0.25, -0.2) is 0 Å². The van der Waals surface area contributed by atoms with Crippen LogP contribution >= 0.6 is 0 Å². The van der Waals surface area contributed by atoms with Crippen LogP contribution in [0.25, 0.3) is 0 Å². The summed E-state index contributed by atoms with van der Waals surface area (Å²) < 4.78 is 0. The van der Waals surface area contributed by atoms with Gasteiger partial charge in [-0.3, -0.25) is 4.79 Å². The molecule has 0 radical (unpaired) electrons. The maximum Gasteiger partial charge on any atom is 0.303 e. The summed E-state index contributed by atoms with van der Waals surface area (Å²) in [7, 11) is 1.99. The van der Waals surface area contributed by atoms with Crippen LogP contribution in [0.15, 0.2) is 0 Å². The van der Waals surface area contributed by atoms with Crippen molar-refractivity contribution < 1.29 is 9.90 Å². The summed E-state index contributed by atoms with van der Waals surface area (Å²) in [5, 5.41) is 11.9. The Labute approximate surface area is 98.0 Å². The lowest BCUT2D eigenvalue weighted by Crippen LogP contribution is -2.43. The number of hydrogen-bond acceptors (Lipinski definition) is 3. The summed E-state index contributed by atoms with van der Waals surface area (Å²) in [5.74, 6) is 0.0432. The number of likely N-dealkylation sites (tertiary alicyclic amines) is 1. The van der Waals surface area contributed by atoms with Crippen LogP contribution in [0.3, 0.4) is 0 Å². The predicted molar refractivity (Wildman–Crippen MR) is 64.6 cm³/mol. The minimum absolute atomic E-state index is 0.286. The van der Waals surface area contributed by atoms with E-state index in [2.05, 4.69) is 17.1 Å². The van der Waals surface area contributed by atoms with E-state index in [4.69, 9.17) is 5.11 Å². The number of nitrogens with zero attached hydrogens (tertiary/aromatic N) is 1. The molecule has 0 aromatic carbocycles. The Morgan fingerprint density at radius 3 is 3.00 bits per heavy atom. The van der Waals surface area contributed by atoms with Gasteiger partial charge in [-0.1, -0.05) is 0 Å². The standard InChI is InChI=1S/C12H24N2O2/c1-10(5-6-12(15)16)14-7-3-4-11(9-14)8-13-2/h10-11,13H,3-9H2,1-2H3,(H,15,16). The number of carbonyl (C=O) groups is 1. The zero-order chi connectivity index (χ0) is 12.0. The molecule has 0 aromatic rings. The normalized spacial score (nSPS) is 24.2. The highest BCUT2D eigenvalue weighted by Gasteiger charge is 2.23. The van der Waals surface area contributed by atoms with Gasteiger partial charge >= 0.3 is 5.97 Å². The van der Waals surface area contributed by atoms with E-state index in [1.807, 2.05) is 7.05 Å². The number of carboxylic acids is 1. The van der Waals surface area contributed by atoms with Crippen LogP contribution in [0.2, 0.25) is 0 Å². The lowest BCUT2D eigenvalue weighted by molar-refractivity contribution is -0.137. The third kappa shape index (κ3) is 4.49. The lowest BCUT2D eigenvalue weighted by atomic mass is 9.96. The molecule has 0 aromatic heterocycles. The smallest absolute Gasteiger partial charge is 0.303 e. The molecule has 4 heteroatoms. The Morgan fingerprint density at radius 2 is 2.38 bits per heavy atom. The molecule has 16 heavy (non-hydrogen) atoms. The van der Waals surface area contributed by atoms with Crippen LogP contribution in [0, 0.1) is 5.92 Å². The van der Waals surface area contributed by atoms with Crippen molar-refractivity contribution in [2.75, 3.05) is 26.7 Å². The summed E-state index contributed by atoms with van der Waals surface area (Å²) in [6, 6.07) is 0.399. The van der Waals surface area contributed by atoms with Gasteiger partial charge < -0.3 is 15.3 Å². The van der Waals surface area contributed by atoms with Crippen LogP contribution < -0.4 is 5.32 Å². The van der Waals surface area contributed by atoms with E-state index >= 15 is 0 Å². The van der Waals surface area contributed by atoms with E-state index in [1.54, 1.807) is 0 Å². The number of hydrogen-bond donors (Lipinski definition) is 2. The van der Waals surface area contributed by atoms with Crippen LogP contribution in [-0.2, 0) is 4.79 Å². The monoisotopic (exact) mass is 228 g/mol. The van der Waals surface area contributed by atoms with Gasteiger partial charge in [0.25, 0.3) is 0 Å². The number of nitrogens with one attached hydrogen (secondary N) is 1. The molecule has 2 unspecified atom stereocenters. The van der Waals surface area contributed by atoms with Gasteiger partial charge in [0, 0.05) is 19.0 Å². The highest BCUT2D eigenvalue weighted by atomic mass is 16.4. The third-order valence-corrected chi connectivity index (χ3v) is 3.44. The quantitative estimate of drug-likeness (QED) is 0.716. The highest BCUT2D eigenvalue weighted by molar-refractivity contribution is 5.66. The van der Waals surface area contributed by atoms with Crippen LogP contribution in [0.5, 0.6) is 0 Å². The molecule has 1 aliphatic heterocycles. The van der Waals surface area contributed by atoms with E-state index in [-0.39, 0.29) is 6.42 Å². The summed E-state index contributed by atoms with van der Waals surface area (Å²) in [4.78, 5) is 13.0. The molecular formula is C12H24N2O2. The molecular weight excluding hydrogens is 204 g/mol. The van der Waals surface area contributed by atoms with Gasteiger partial charge in [0.2, 0.25) is 0 Å². The van der Waals surface area contributed by atoms with Crippen molar-refractivity contribution in [2.24, 2.45) is 5.92 Å². The fourth-order valence-electron chi connectivity index (χ4n) is 2.47. The summed E-state index contributed by atoms with van der Waals surface area (Å²) >= 11 is 0. The summed E-state index contributed by atoms with van der Waals surface area (Å²) in [5.41, 5.74) is 0. The molecule has 1 saturated heterocycles. The lowest BCUT2D eigenvalue weighted by Gasteiger charge is -2.36. The molecule has 1 rings (SSSR count). The molecule has 0 bridgehead atoms. The van der Waals surface area contributed by atoms with Gasteiger partial charge in [0.15, 0.2) is 0 Å². The van der Waals surface area contributed by atoms with Crippen LogP contribution in [0.1, 0.15) is 32.6 Å². The summed E-state index contributed by atoms with van der Waals surface area (Å²) in [6.07, 6.45) is 3.59. The molecule has 94 valence electrons. The van der Waals surface area contributed by atoms with Crippen molar-refractivity contribution in [3.63, 3.8) is 0 Å². The Kier molecular flexibility index (Phi) is 5.77. The fourth-order valence-corrected chi connectivity index (χ4v) is 2.47. The van der Waals surface area contributed by atoms with Crippen molar-refractivity contribution in [1.82, 2.24) is 10.2 Å². The predicted octanol–water partition coefficient (Wildman–Crippen LogP) is 1.17. The minimum Gasteiger partial charge on any atom is -0.481 e. The molecule has 1 heterocycles. The van der Waals surface area contributed by atoms with Crippen molar-refractivity contribution in [2.45, 2.75) is 38.6 Å². The van der Waals surface area contributed by atoms with E-state index in [9.17, 15) is 4.79 Å². The van der Waals surface area contributed by atoms with Gasteiger partial charge in [0.1, 0.15) is 0 Å². The minimum atomic E-state index is -0.685. The third-order valence-electron chi connectivity index (χ3n) is 3.44.